The number of amides is 2. The van der Waals surface area contributed by atoms with E-state index in [-0.39, 0.29) is 17.9 Å². The third-order valence-corrected chi connectivity index (χ3v) is 11.2. The van der Waals surface area contributed by atoms with Gasteiger partial charge in [0.1, 0.15) is 17.2 Å². The van der Waals surface area contributed by atoms with Gasteiger partial charge in [0, 0.05) is 50.6 Å². The van der Waals surface area contributed by atoms with E-state index in [1.54, 1.807) is 29.5 Å². The molecule has 3 aromatic heterocycles. The van der Waals surface area contributed by atoms with Gasteiger partial charge >= 0.3 is 0 Å². The number of aryl methyl sites for hydroxylation is 1. The van der Waals surface area contributed by atoms with Crippen LogP contribution in [0.2, 0.25) is 0 Å². The molecule has 264 valence electrons. The predicted molar refractivity (Wildman–Crippen MR) is 194 cm³/mol. The Morgan fingerprint density at radius 3 is 2.71 bits per heavy atom. The fraction of sp³-hybridized carbons (Fsp3) is 0.432. The first kappa shape index (κ1) is 33.2. The summed E-state index contributed by atoms with van der Waals surface area (Å²) in [4.78, 5) is 53.0. The van der Waals surface area contributed by atoms with Crippen molar-refractivity contribution in [2.45, 2.75) is 45.8 Å². The number of ether oxygens (including phenoxy) is 2. The van der Waals surface area contributed by atoms with Crippen molar-refractivity contribution < 1.29 is 19.1 Å². The molecule has 0 radical (unpaired) electrons. The number of thiazole rings is 1. The van der Waals surface area contributed by atoms with Crippen LogP contribution in [0.4, 0.5) is 5.82 Å². The molecule has 0 N–H and O–H groups in total. The Morgan fingerprint density at radius 2 is 1.94 bits per heavy atom. The Bertz CT molecular complexity index is 2070. The summed E-state index contributed by atoms with van der Waals surface area (Å²) in [6, 6.07) is 9.78. The number of carbonyl (C=O) groups excluding carboxylic acids is 2. The maximum Gasteiger partial charge on any atom is 0.237 e. The summed E-state index contributed by atoms with van der Waals surface area (Å²) in [6.07, 6.45) is 7.84. The van der Waals surface area contributed by atoms with Gasteiger partial charge in [-0.1, -0.05) is 12.1 Å². The number of likely N-dealkylation sites (tertiary alicyclic amines) is 1. The number of fused-ring (bicyclic) bond motifs is 1. The van der Waals surface area contributed by atoms with Gasteiger partial charge in [-0.2, -0.15) is 5.10 Å². The average molecular weight is 708 g/mol. The first-order valence-electron chi connectivity index (χ1n) is 17.4. The fourth-order valence-electron chi connectivity index (χ4n) is 7.46. The molecule has 1 spiro atoms. The Balaban J connectivity index is 0.895. The molecule has 2 fully saturated rings. The molecule has 1 atom stereocenters. The largest absolute Gasteiger partial charge is 0.493 e. The molecule has 0 unspecified atom stereocenters. The lowest BCUT2D eigenvalue weighted by Gasteiger charge is -2.28. The second kappa shape index (κ2) is 13.3. The maximum atomic E-state index is 14.1. The zero-order valence-corrected chi connectivity index (χ0v) is 30.1. The van der Waals surface area contributed by atoms with Crippen LogP contribution in [0.25, 0.3) is 16.3 Å². The summed E-state index contributed by atoms with van der Waals surface area (Å²) < 4.78 is 13.2. The first-order chi connectivity index (χ1) is 24.7. The minimum atomic E-state index is -0.502. The topological polar surface area (TPSA) is 131 Å². The van der Waals surface area contributed by atoms with Crippen LogP contribution in [0.3, 0.4) is 0 Å². The standard InChI is InChI=1S/C37H41N9O4S/c1-23(2)50-27-7-5-25(17-28(27)49-4)32-33-26(18-38-32)6-8-30(41-33)46-16-12-37(36(46)48)11-15-44(21-37)20-31(47)45-13-9-24(10-14-45)35-39-19-29(51-35)34-40-22-43(3)42-34/h5-9,17,19,22-23H,10-16,18,20-21H2,1-4H3/t37-/m0/s1. The Kier molecular flexibility index (Phi) is 8.66. The lowest BCUT2D eigenvalue weighted by Crippen LogP contribution is -2.43. The van der Waals surface area contributed by atoms with Crippen molar-refractivity contribution in [1.82, 2.24) is 34.5 Å². The summed E-state index contributed by atoms with van der Waals surface area (Å²) in [7, 11) is 3.47. The van der Waals surface area contributed by atoms with Gasteiger partial charge in [-0.3, -0.25) is 29.1 Å². The van der Waals surface area contributed by atoms with Crippen molar-refractivity contribution in [2.75, 3.05) is 51.3 Å². The Labute approximate surface area is 300 Å². The molecule has 13 nitrogen and oxygen atoms in total. The van der Waals surface area contributed by atoms with Crippen molar-refractivity contribution >= 4 is 40.3 Å². The third-order valence-electron chi connectivity index (χ3n) is 10.1. The van der Waals surface area contributed by atoms with Crippen LogP contribution in [-0.4, -0.2) is 105 Å². The number of hydrogen-bond donors (Lipinski definition) is 0. The molecular weight excluding hydrogens is 667 g/mol. The molecule has 4 aromatic rings. The zero-order valence-electron chi connectivity index (χ0n) is 29.3. The zero-order chi connectivity index (χ0) is 35.3. The van der Waals surface area contributed by atoms with E-state index in [1.165, 1.54) is 0 Å². The van der Waals surface area contributed by atoms with Gasteiger partial charge in [0.15, 0.2) is 17.3 Å². The molecular formula is C37H41N9O4S. The minimum absolute atomic E-state index is 0.0225. The highest BCUT2D eigenvalue weighted by Gasteiger charge is 2.51. The molecule has 8 rings (SSSR count). The van der Waals surface area contributed by atoms with Crippen LogP contribution < -0.4 is 14.4 Å². The van der Waals surface area contributed by atoms with Gasteiger partial charge in [0.25, 0.3) is 0 Å². The van der Waals surface area contributed by atoms with Crippen molar-refractivity contribution in [3.05, 3.63) is 70.8 Å². The van der Waals surface area contributed by atoms with Crippen molar-refractivity contribution in [1.29, 1.82) is 0 Å². The highest BCUT2D eigenvalue weighted by Crippen LogP contribution is 2.42. The molecule has 0 bridgehead atoms. The molecule has 1 aromatic carbocycles. The summed E-state index contributed by atoms with van der Waals surface area (Å²) in [5, 5.41) is 5.32. The Hall–Kier alpha value is -4.95. The van der Waals surface area contributed by atoms with E-state index in [4.69, 9.17) is 19.5 Å². The van der Waals surface area contributed by atoms with E-state index < -0.39 is 5.41 Å². The minimum Gasteiger partial charge on any atom is -0.493 e. The predicted octanol–water partition coefficient (Wildman–Crippen LogP) is 4.23. The number of benzene rings is 1. The molecule has 14 heteroatoms. The highest BCUT2D eigenvalue weighted by molar-refractivity contribution is 7.16. The number of pyridine rings is 1. The molecule has 4 aliphatic heterocycles. The molecule has 2 saturated heterocycles. The number of rotatable bonds is 9. The van der Waals surface area contributed by atoms with Crippen molar-refractivity contribution in [3.63, 3.8) is 0 Å². The molecule has 51 heavy (non-hydrogen) atoms. The lowest BCUT2D eigenvalue weighted by atomic mass is 9.85. The van der Waals surface area contributed by atoms with Gasteiger partial charge in [-0.15, -0.1) is 11.3 Å². The van der Waals surface area contributed by atoms with Crippen LogP contribution in [0.1, 0.15) is 54.9 Å². The summed E-state index contributed by atoms with van der Waals surface area (Å²) in [6.45, 7) is 7.90. The smallest absolute Gasteiger partial charge is 0.237 e. The van der Waals surface area contributed by atoms with E-state index in [1.807, 2.05) is 67.2 Å². The molecule has 0 saturated carbocycles. The number of anilines is 1. The van der Waals surface area contributed by atoms with Gasteiger partial charge < -0.3 is 14.4 Å². The van der Waals surface area contributed by atoms with E-state index in [2.05, 4.69) is 26.0 Å². The molecule has 2 amide bonds. The number of nitrogens with zero attached hydrogens (tertiary/aromatic N) is 9. The van der Waals surface area contributed by atoms with Crippen LogP contribution in [0, 0.1) is 5.41 Å². The SMILES string of the molecule is COc1cc(C2=NCc3ccc(N4CC[C@]5(CCN(CC(=O)N6CC=C(c7ncc(-c8ncn(C)n8)s7)CC6)C5)C4=O)nc32)ccc1OC(C)C. The van der Waals surface area contributed by atoms with Crippen LogP contribution in [-0.2, 0) is 23.2 Å². The number of methoxy groups -OCH3 is 1. The molecule has 4 aliphatic rings. The number of hydrogen-bond acceptors (Lipinski definition) is 11. The van der Waals surface area contributed by atoms with Crippen LogP contribution >= 0.6 is 11.3 Å². The quantitative estimate of drug-likeness (QED) is 0.251. The fourth-order valence-corrected chi connectivity index (χ4v) is 8.38. The van der Waals surface area contributed by atoms with E-state index in [9.17, 15) is 9.59 Å². The third kappa shape index (κ3) is 6.31. The number of aliphatic imine (C=N–C) groups is 1. The first-order valence-corrected chi connectivity index (χ1v) is 18.2. The second-order valence-corrected chi connectivity index (χ2v) is 14.9. The van der Waals surface area contributed by atoms with Gasteiger partial charge in [-0.05, 0) is 69.5 Å². The van der Waals surface area contributed by atoms with E-state index in [0.29, 0.717) is 62.4 Å². The summed E-state index contributed by atoms with van der Waals surface area (Å²) in [5.41, 5.74) is 4.14. The van der Waals surface area contributed by atoms with Gasteiger partial charge in [-0.25, -0.2) is 15.0 Å². The van der Waals surface area contributed by atoms with Gasteiger partial charge in [0.2, 0.25) is 11.8 Å². The molecule has 7 heterocycles. The van der Waals surface area contributed by atoms with E-state index in [0.717, 1.165) is 63.8 Å². The van der Waals surface area contributed by atoms with Crippen molar-refractivity contribution in [2.24, 2.45) is 17.5 Å². The number of aromatic nitrogens is 5. The van der Waals surface area contributed by atoms with E-state index >= 15 is 0 Å². The van der Waals surface area contributed by atoms with Crippen molar-refractivity contribution in [3.8, 4) is 22.2 Å². The summed E-state index contributed by atoms with van der Waals surface area (Å²) >= 11 is 1.57. The van der Waals surface area contributed by atoms with Crippen LogP contribution in [0.15, 0.2) is 53.9 Å². The monoisotopic (exact) mass is 707 g/mol. The maximum absolute atomic E-state index is 14.1. The molecule has 0 aliphatic carbocycles. The Morgan fingerprint density at radius 1 is 1.08 bits per heavy atom. The number of carbonyl (C=O) groups is 2. The van der Waals surface area contributed by atoms with Gasteiger partial charge in [0.05, 0.1) is 48.0 Å². The second-order valence-electron chi connectivity index (χ2n) is 13.9. The normalized spacial score (nSPS) is 20.4. The highest BCUT2D eigenvalue weighted by atomic mass is 32.1. The van der Waals surface area contributed by atoms with Crippen LogP contribution in [0.5, 0.6) is 11.5 Å². The average Bonchev–Trinajstić information content (AvgIpc) is 3.98. The summed E-state index contributed by atoms with van der Waals surface area (Å²) in [5.74, 6) is 2.82. The lowest BCUT2D eigenvalue weighted by molar-refractivity contribution is -0.132.